The van der Waals surface area contributed by atoms with Crippen molar-refractivity contribution in [3.8, 4) is 0 Å². The van der Waals surface area contributed by atoms with E-state index < -0.39 is 57.4 Å². The van der Waals surface area contributed by atoms with Crippen molar-refractivity contribution < 1.29 is 53.3 Å². The lowest BCUT2D eigenvalue weighted by Gasteiger charge is -2.19. The third-order valence-corrected chi connectivity index (χ3v) is 8.54. The van der Waals surface area contributed by atoms with Crippen LogP contribution in [0, 0.1) is 0 Å². The van der Waals surface area contributed by atoms with Crippen molar-refractivity contribution in [2.75, 3.05) is 13.2 Å². The van der Waals surface area contributed by atoms with Gasteiger partial charge < -0.3 is 34.6 Å². The van der Waals surface area contributed by atoms with Crippen molar-refractivity contribution >= 4 is 19.8 Å². The van der Waals surface area contributed by atoms with Crippen LogP contribution in [0.4, 0.5) is 0 Å². The molecule has 0 aliphatic heterocycles. The van der Waals surface area contributed by atoms with Crippen molar-refractivity contribution in [2.24, 2.45) is 0 Å². The maximum Gasteiger partial charge on any atom is 0.469 e. The summed E-state index contributed by atoms with van der Waals surface area (Å²) in [7, 11) is -4.85. The van der Waals surface area contributed by atoms with Crippen LogP contribution in [-0.2, 0) is 28.2 Å². The van der Waals surface area contributed by atoms with Gasteiger partial charge in [-0.15, -0.1) is 0 Å². The summed E-state index contributed by atoms with van der Waals surface area (Å²) in [6.45, 7) is 3.17. The SMILES string of the molecule is CC/C=C\C[C@H](O)/C=C/C=C/C=C\C=C/[C@@H](O)[C@H](O)CCCC(=O)O[C@H](COC(=O)CCCCCCCCC/C=C\CCCCCC)COP(=O)(O)O. The molecule has 0 aliphatic rings. The molecule has 12 heteroatoms. The Kier molecular flexibility index (Phi) is 33.4. The molecule has 0 radical (unpaired) electrons. The minimum Gasteiger partial charge on any atom is -0.462 e. The molecule has 0 spiro atoms. The summed E-state index contributed by atoms with van der Waals surface area (Å²) in [5.74, 6) is -1.23. The lowest BCUT2D eigenvalue weighted by molar-refractivity contribution is -0.161. The number of carbonyl (C=O) groups excluding carboxylic acids is 2. The Hall–Kier alpha value is -2.63. The molecule has 0 heterocycles. The van der Waals surface area contributed by atoms with Crippen molar-refractivity contribution in [2.45, 2.75) is 160 Å². The summed E-state index contributed by atoms with van der Waals surface area (Å²) in [6.07, 6.45) is 34.2. The molecule has 4 atom stereocenters. The van der Waals surface area contributed by atoms with Crippen molar-refractivity contribution in [3.63, 3.8) is 0 Å². The third-order valence-electron chi connectivity index (χ3n) is 8.05. The summed E-state index contributed by atoms with van der Waals surface area (Å²) in [4.78, 5) is 42.8. The Bertz CT molecular complexity index is 1140. The van der Waals surface area contributed by atoms with E-state index in [4.69, 9.17) is 19.3 Å². The number of hydrogen-bond acceptors (Lipinski definition) is 9. The Morgan fingerprint density at radius 3 is 1.83 bits per heavy atom. The van der Waals surface area contributed by atoms with Gasteiger partial charge in [-0.3, -0.25) is 14.1 Å². The molecule has 0 amide bonds. The van der Waals surface area contributed by atoms with Crippen LogP contribution in [0.1, 0.15) is 136 Å². The van der Waals surface area contributed by atoms with Crippen molar-refractivity contribution in [3.05, 3.63) is 72.9 Å². The first-order chi connectivity index (χ1) is 25.5. The number of phosphoric acid groups is 1. The van der Waals surface area contributed by atoms with E-state index in [0.717, 1.165) is 38.5 Å². The summed E-state index contributed by atoms with van der Waals surface area (Å²) < 4.78 is 26.1. The van der Waals surface area contributed by atoms with Crippen LogP contribution >= 0.6 is 7.82 Å². The van der Waals surface area contributed by atoms with E-state index in [9.17, 15) is 29.5 Å². The number of phosphoric ester groups is 1. The van der Waals surface area contributed by atoms with Crippen LogP contribution < -0.4 is 0 Å². The molecule has 0 aromatic rings. The molecule has 0 unspecified atom stereocenters. The molecule has 0 fully saturated rings. The zero-order valence-electron chi connectivity index (χ0n) is 32.2. The van der Waals surface area contributed by atoms with Gasteiger partial charge in [0.2, 0.25) is 0 Å². The highest BCUT2D eigenvalue weighted by atomic mass is 31.2. The van der Waals surface area contributed by atoms with Gasteiger partial charge in [0, 0.05) is 12.8 Å². The Morgan fingerprint density at radius 2 is 1.21 bits per heavy atom. The van der Waals surface area contributed by atoms with E-state index in [0.29, 0.717) is 12.8 Å². The molecule has 0 aromatic heterocycles. The average molecular weight is 769 g/mol. The molecule has 11 nitrogen and oxygen atoms in total. The van der Waals surface area contributed by atoms with E-state index in [2.05, 4.69) is 23.6 Å². The number of aliphatic hydroxyl groups is 3. The summed E-state index contributed by atoms with van der Waals surface area (Å²) in [6, 6.07) is 0. The summed E-state index contributed by atoms with van der Waals surface area (Å²) in [5, 5.41) is 30.2. The van der Waals surface area contributed by atoms with Gasteiger partial charge in [-0.1, -0.05) is 138 Å². The second-order valence-electron chi connectivity index (χ2n) is 13.1. The number of esters is 2. The monoisotopic (exact) mass is 768 g/mol. The Morgan fingerprint density at radius 1 is 0.642 bits per heavy atom. The van der Waals surface area contributed by atoms with Crippen LogP contribution in [0.25, 0.3) is 0 Å². The zero-order valence-corrected chi connectivity index (χ0v) is 33.1. The number of ether oxygens (including phenoxy) is 2. The van der Waals surface area contributed by atoms with Crippen LogP contribution in [0.5, 0.6) is 0 Å². The van der Waals surface area contributed by atoms with Crippen LogP contribution in [0.3, 0.4) is 0 Å². The molecule has 0 saturated carbocycles. The lowest BCUT2D eigenvalue weighted by atomic mass is 10.1. The fraction of sp³-hybridized carbons (Fsp3) is 0.659. The molecule has 0 aliphatic carbocycles. The number of rotatable bonds is 34. The Balaban J connectivity index is 4.33. The zero-order chi connectivity index (χ0) is 39.4. The predicted octanol–water partition coefficient (Wildman–Crippen LogP) is 8.42. The fourth-order valence-corrected chi connectivity index (χ4v) is 5.36. The molecular formula is C41H69O11P. The van der Waals surface area contributed by atoms with E-state index in [1.54, 1.807) is 42.5 Å². The van der Waals surface area contributed by atoms with Crippen LogP contribution in [-0.4, -0.2) is 74.7 Å². The Labute approximate surface area is 318 Å². The highest BCUT2D eigenvalue weighted by Crippen LogP contribution is 2.36. The number of aliphatic hydroxyl groups excluding tert-OH is 3. The highest BCUT2D eigenvalue weighted by molar-refractivity contribution is 7.46. The van der Waals surface area contributed by atoms with Gasteiger partial charge in [-0.25, -0.2) is 4.57 Å². The maximum atomic E-state index is 12.4. The van der Waals surface area contributed by atoms with Gasteiger partial charge >= 0.3 is 19.8 Å². The first-order valence-electron chi connectivity index (χ1n) is 19.6. The second-order valence-corrected chi connectivity index (χ2v) is 14.3. The minimum atomic E-state index is -4.85. The lowest BCUT2D eigenvalue weighted by Crippen LogP contribution is -2.29. The van der Waals surface area contributed by atoms with Gasteiger partial charge in [0.1, 0.15) is 6.61 Å². The van der Waals surface area contributed by atoms with E-state index in [1.807, 2.05) is 19.1 Å². The number of allylic oxidation sites excluding steroid dienone is 9. The fourth-order valence-electron chi connectivity index (χ4n) is 5.00. The largest absolute Gasteiger partial charge is 0.469 e. The molecule has 5 N–H and O–H groups in total. The number of unbranched alkanes of at least 4 members (excludes halogenated alkanes) is 11. The molecule has 0 saturated heterocycles. The van der Waals surface area contributed by atoms with Gasteiger partial charge in [-0.2, -0.15) is 0 Å². The first kappa shape index (κ1) is 50.4. The van der Waals surface area contributed by atoms with Gasteiger partial charge in [-0.05, 0) is 57.8 Å². The number of carbonyl (C=O) groups is 2. The predicted molar refractivity (Wildman–Crippen MR) is 211 cm³/mol. The average Bonchev–Trinajstić information content (AvgIpc) is 3.11. The van der Waals surface area contributed by atoms with Crippen molar-refractivity contribution in [1.29, 1.82) is 0 Å². The standard InChI is InChI=1S/C41H69O11P/c1-3-5-7-8-9-10-11-12-13-14-15-16-17-22-26-32-40(45)50-34-37(35-51-53(47,48)49)52-41(46)33-27-31-39(44)38(43)30-25-21-19-18-20-24-29-36(42)28-23-6-4-2/h6,10-11,18-21,23-25,29-30,36-39,42-44H,3-5,7-9,12-17,22,26-28,31-35H2,1-2H3,(H2,47,48,49)/b11-10-,20-18+,21-19-,23-6-,29-24+,30-25-/t36-,37+,38+,39+/m0/s1. The summed E-state index contributed by atoms with van der Waals surface area (Å²) >= 11 is 0. The van der Waals surface area contributed by atoms with E-state index >= 15 is 0 Å². The molecule has 0 bridgehead atoms. The molecular weight excluding hydrogens is 699 g/mol. The number of hydrogen-bond donors (Lipinski definition) is 5. The topological polar surface area (TPSA) is 180 Å². The third kappa shape index (κ3) is 36.1. The van der Waals surface area contributed by atoms with Gasteiger partial charge in [0.15, 0.2) is 6.10 Å². The normalized spacial score (nSPS) is 15.1. The van der Waals surface area contributed by atoms with Crippen LogP contribution in [0.2, 0.25) is 0 Å². The smallest absolute Gasteiger partial charge is 0.462 e. The molecule has 0 aromatic carbocycles. The first-order valence-corrected chi connectivity index (χ1v) is 21.1. The second kappa shape index (κ2) is 35.1. The van der Waals surface area contributed by atoms with Gasteiger partial charge in [0.05, 0.1) is 24.9 Å². The van der Waals surface area contributed by atoms with Crippen molar-refractivity contribution in [1.82, 2.24) is 0 Å². The maximum absolute atomic E-state index is 12.4. The van der Waals surface area contributed by atoms with E-state index in [-0.39, 0.29) is 25.7 Å². The van der Waals surface area contributed by atoms with Gasteiger partial charge in [0.25, 0.3) is 0 Å². The molecule has 304 valence electrons. The quantitative estimate of drug-likeness (QED) is 0.0139. The summed E-state index contributed by atoms with van der Waals surface area (Å²) in [5.41, 5.74) is 0. The van der Waals surface area contributed by atoms with E-state index in [1.165, 1.54) is 51.0 Å². The minimum absolute atomic E-state index is 0.0834. The molecule has 53 heavy (non-hydrogen) atoms. The highest BCUT2D eigenvalue weighted by Gasteiger charge is 2.23. The van der Waals surface area contributed by atoms with Crippen LogP contribution in [0.15, 0.2) is 72.9 Å². The molecule has 0 rings (SSSR count).